The van der Waals surface area contributed by atoms with Gasteiger partial charge in [-0.3, -0.25) is 4.90 Å². The molecule has 1 fully saturated rings. The Hall–Kier alpha value is -0.860. The number of hydrogen-bond acceptors (Lipinski definition) is 2. The van der Waals surface area contributed by atoms with Gasteiger partial charge in [0.15, 0.2) is 0 Å². The molecule has 0 bridgehead atoms. The Kier molecular flexibility index (Phi) is 3.62. The lowest BCUT2D eigenvalue weighted by molar-refractivity contribution is -0.0501. The summed E-state index contributed by atoms with van der Waals surface area (Å²) in [6.07, 6.45) is 1.13. The van der Waals surface area contributed by atoms with Crippen LogP contribution in [0.5, 0.6) is 0 Å². The van der Waals surface area contributed by atoms with Crippen LogP contribution in [0.1, 0.15) is 19.4 Å². The van der Waals surface area contributed by atoms with Crippen LogP contribution in [0, 0.1) is 0 Å². The molecule has 1 aromatic carbocycles. The molecule has 1 aliphatic heterocycles. The van der Waals surface area contributed by atoms with E-state index in [1.54, 1.807) is 0 Å². The molecule has 1 aliphatic rings. The highest BCUT2D eigenvalue weighted by Gasteiger charge is 2.29. The minimum atomic E-state index is 0.188. The van der Waals surface area contributed by atoms with E-state index in [-0.39, 0.29) is 5.54 Å². The lowest BCUT2D eigenvalue weighted by Crippen LogP contribution is -2.53. The Morgan fingerprint density at radius 2 is 2.00 bits per heavy atom. The highest BCUT2D eigenvalue weighted by atomic mass is 16.5. The van der Waals surface area contributed by atoms with Gasteiger partial charge in [0.1, 0.15) is 0 Å². The molecule has 1 heterocycles. The first-order valence-electron chi connectivity index (χ1n) is 6.05. The van der Waals surface area contributed by atoms with Crippen LogP contribution >= 0.6 is 0 Å². The van der Waals surface area contributed by atoms with Crippen molar-refractivity contribution in [3.8, 4) is 0 Å². The summed E-state index contributed by atoms with van der Waals surface area (Å²) in [5.41, 5.74) is 1.61. The first kappa shape index (κ1) is 11.6. The molecule has 2 nitrogen and oxygen atoms in total. The highest BCUT2D eigenvalue weighted by Crippen LogP contribution is 2.19. The van der Waals surface area contributed by atoms with Gasteiger partial charge in [0, 0.05) is 18.6 Å². The van der Waals surface area contributed by atoms with Crippen LogP contribution in [-0.2, 0) is 11.2 Å². The predicted molar refractivity (Wildman–Crippen MR) is 66.6 cm³/mol. The van der Waals surface area contributed by atoms with Crippen LogP contribution in [0.2, 0.25) is 0 Å². The van der Waals surface area contributed by atoms with Crippen molar-refractivity contribution in [2.75, 3.05) is 26.3 Å². The summed E-state index contributed by atoms with van der Waals surface area (Å²) < 4.78 is 5.53. The zero-order valence-electron chi connectivity index (χ0n) is 10.3. The number of nitrogens with zero attached hydrogens (tertiary/aromatic N) is 1. The maximum absolute atomic E-state index is 5.53. The molecule has 88 valence electrons. The average Bonchev–Trinajstić information content (AvgIpc) is 2.28. The number of ether oxygens (including phenoxy) is 1. The van der Waals surface area contributed by atoms with Crippen molar-refractivity contribution in [2.45, 2.75) is 25.8 Å². The molecular formula is C14H21NO. The van der Waals surface area contributed by atoms with Crippen LogP contribution in [0.3, 0.4) is 0 Å². The van der Waals surface area contributed by atoms with Gasteiger partial charge in [0.2, 0.25) is 0 Å². The van der Waals surface area contributed by atoms with Crippen molar-refractivity contribution in [3.05, 3.63) is 35.9 Å². The summed E-state index contributed by atoms with van der Waals surface area (Å²) in [5.74, 6) is 0. The van der Waals surface area contributed by atoms with Gasteiger partial charge in [-0.1, -0.05) is 30.3 Å². The molecular weight excluding hydrogens is 198 g/mol. The van der Waals surface area contributed by atoms with E-state index in [9.17, 15) is 0 Å². The molecule has 0 saturated carbocycles. The van der Waals surface area contributed by atoms with E-state index >= 15 is 0 Å². The van der Waals surface area contributed by atoms with Gasteiger partial charge in [-0.25, -0.2) is 0 Å². The van der Waals surface area contributed by atoms with Crippen LogP contribution in [0.25, 0.3) is 0 Å². The Morgan fingerprint density at radius 3 is 2.69 bits per heavy atom. The monoisotopic (exact) mass is 219 g/mol. The molecule has 1 aromatic rings. The summed E-state index contributed by atoms with van der Waals surface area (Å²) in [5, 5.41) is 0. The van der Waals surface area contributed by atoms with Crippen molar-refractivity contribution in [1.82, 2.24) is 4.90 Å². The van der Waals surface area contributed by atoms with E-state index in [1.807, 2.05) is 0 Å². The van der Waals surface area contributed by atoms with Crippen molar-refractivity contribution >= 4 is 0 Å². The van der Waals surface area contributed by atoms with Crippen molar-refractivity contribution in [1.29, 1.82) is 0 Å². The third kappa shape index (κ3) is 2.83. The van der Waals surface area contributed by atoms with Gasteiger partial charge in [0.05, 0.1) is 13.2 Å². The minimum Gasteiger partial charge on any atom is -0.378 e. The number of benzene rings is 1. The molecule has 1 saturated heterocycles. The van der Waals surface area contributed by atoms with Crippen LogP contribution in [0.4, 0.5) is 0 Å². The van der Waals surface area contributed by atoms with E-state index in [4.69, 9.17) is 4.74 Å². The first-order valence-corrected chi connectivity index (χ1v) is 6.05. The number of morpholine rings is 1. The number of hydrogen-bond donors (Lipinski definition) is 0. The Morgan fingerprint density at radius 1 is 1.25 bits per heavy atom. The van der Waals surface area contributed by atoms with Crippen LogP contribution < -0.4 is 0 Å². The molecule has 0 aromatic heterocycles. The Balaban J connectivity index is 1.90. The molecule has 0 unspecified atom stereocenters. The summed E-state index contributed by atoms with van der Waals surface area (Å²) >= 11 is 0. The van der Waals surface area contributed by atoms with Crippen LogP contribution in [0.15, 0.2) is 30.3 Å². The molecule has 2 heteroatoms. The molecule has 2 rings (SSSR count). The average molecular weight is 219 g/mol. The van der Waals surface area contributed by atoms with E-state index in [2.05, 4.69) is 49.1 Å². The third-order valence-electron chi connectivity index (χ3n) is 3.33. The molecule has 0 N–H and O–H groups in total. The lowest BCUT2D eigenvalue weighted by Gasteiger charge is -2.42. The standard InChI is InChI=1S/C14H21NO/c1-14(2)12-16-11-10-15(14)9-8-13-6-4-3-5-7-13/h3-7H,8-12H2,1-2H3. The van der Waals surface area contributed by atoms with Crippen molar-refractivity contribution in [3.63, 3.8) is 0 Å². The maximum atomic E-state index is 5.53. The quantitative estimate of drug-likeness (QED) is 0.773. The Bertz CT molecular complexity index is 321. The molecule has 0 aliphatic carbocycles. The zero-order valence-corrected chi connectivity index (χ0v) is 10.3. The SMILES string of the molecule is CC1(C)COCCN1CCc1ccccc1. The lowest BCUT2D eigenvalue weighted by atomic mass is 10.0. The second-order valence-electron chi connectivity index (χ2n) is 5.09. The van der Waals surface area contributed by atoms with Gasteiger partial charge in [-0.05, 0) is 25.8 Å². The van der Waals surface area contributed by atoms with Gasteiger partial charge in [-0.15, -0.1) is 0 Å². The summed E-state index contributed by atoms with van der Waals surface area (Å²) in [6, 6.07) is 10.7. The topological polar surface area (TPSA) is 12.5 Å². The fourth-order valence-electron chi connectivity index (χ4n) is 2.21. The smallest absolute Gasteiger partial charge is 0.0645 e. The van der Waals surface area contributed by atoms with Gasteiger partial charge in [-0.2, -0.15) is 0 Å². The minimum absolute atomic E-state index is 0.188. The van der Waals surface area contributed by atoms with E-state index in [0.717, 1.165) is 32.7 Å². The Labute approximate surface area is 98.2 Å². The third-order valence-corrected chi connectivity index (χ3v) is 3.33. The van der Waals surface area contributed by atoms with E-state index < -0.39 is 0 Å². The molecule has 16 heavy (non-hydrogen) atoms. The second-order valence-corrected chi connectivity index (χ2v) is 5.09. The van der Waals surface area contributed by atoms with Gasteiger partial charge in [0.25, 0.3) is 0 Å². The maximum Gasteiger partial charge on any atom is 0.0645 e. The summed E-state index contributed by atoms with van der Waals surface area (Å²) in [7, 11) is 0. The largest absolute Gasteiger partial charge is 0.378 e. The van der Waals surface area contributed by atoms with Crippen molar-refractivity contribution < 1.29 is 4.74 Å². The van der Waals surface area contributed by atoms with Crippen LogP contribution in [-0.4, -0.2) is 36.7 Å². The predicted octanol–water partition coefficient (Wildman–Crippen LogP) is 2.34. The highest BCUT2D eigenvalue weighted by molar-refractivity contribution is 5.15. The molecule has 0 atom stereocenters. The fraction of sp³-hybridized carbons (Fsp3) is 0.571. The zero-order chi connectivity index (χ0) is 11.4. The molecule has 0 spiro atoms. The molecule has 0 radical (unpaired) electrons. The summed E-state index contributed by atoms with van der Waals surface area (Å²) in [4.78, 5) is 2.53. The van der Waals surface area contributed by atoms with Crippen molar-refractivity contribution in [2.24, 2.45) is 0 Å². The fourth-order valence-corrected chi connectivity index (χ4v) is 2.21. The first-order chi connectivity index (χ1) is 7.68. The van der Waals surface area contributed by atoms with Gasteiger partial charge < -0.3 is 4.74 Å². The second kappa shape index (κ2) is 4.98. The normalized spacial score (nSPS) is 20.9. The summed E-state index contributed by atoms with van der Waals surface area (Å²) in [6.45, 7) is 8.43. The van der Waals surface area contributed by atoms with Gasteiger partial charge >= 0.3 is 0 Å². The van der Waals surface area contributed by atoms with E-state index in [0.29, 0.717) is 0 Å². The van der Waals surface area contributed by atoms with E-state index in [1.165, 1.54) is 5.56 Å². The molecule has 0 amide bonds. The number of rotatable bonds is 3.